The Balaban J connectivity index is 1.37. The van der Waals surface area contributed by atoms with Crippen molar-refractivity contribution in [3.05, 3.63) is 42.9 Å². The SMILES string of the molecule is CC(C)[C@H](CC(N)=O)C(=O)N1CCN(c2nc(-c3ccnc(NC4CCOCC4)c3)cc3cnccc23)CC1. The van der Waals surface area contributed by atoms with Gasteiger partial charge in [0, 0.05) is 92.7 Å². The van der Waals surface area contributed by atoms with Crippen molar-refractivity contribution in [3.8, 4) is 11.3 Å². The van der Waals surface area contributed by atoms with Crippen molar-refractivity contribution in [1.82, 2.24) is 19.9 Å². The lowest BCUT2D eigenvalue weighted by atomic mass is 9.90. The molecule has 2 aliphatic rings. The van der Waals surface area contributed by atoms with Gasteiger partial charge in [-0.1, -0.05) is 13.8 Å². The third-order valence-corrected chi connectivity index (χ3v) is 7.67. The zero-order valence-electron chi connectivity index (χ0n) is 22.7. The molecule has 3 aromatic heterocycles. The van der Waals surface area contributed by atoms with Gasteiger partial charge in [-0.3, -0.25) is 14.6 Å². The zero-order chi connectivity index (χ0) is 27.4. The molecule has 0 aromatic carbocycles. The highest BCUT2D eigenvalue weighted by Gasteiger charge is 2.31. The number of carbonyl (C=O) groups excluding carboxylic acids is 2. The van der Waals surface area contributed by atoms with Crippen LogP contribution in [-0.4, -0.2) is 77.1 Å². The first kappa shape index (κ1) is 26.8. The highest BCUT2D eigenvalue weighted by molar-refractivity contribution is 5.94. The summed E-state index contributed by atoms with van der Waals surface area (Å²) in [6.07, 6.45) is 7.47. The third-order valence-electron chi connectivity index (χ3n) is 7.67. The molecule has 39 heavy (non-hydrogen) atoms. The van der Waals surface area contributed by atoms with Crippen LogP contribution in [0.2, 0.25) is 0 Å². The number of nitrogens with two attached hydrogens (primary N) is 1. The Bertz CT molecular complexity index is 1320. The average Bonchev–Trinajstić information content (AvgIpc) is 2.95. The number of aromatic nitrogens is 3. The normalized spacial score (nSPS) is 17.4. The summed E-state index contributed by atoms with van der Waals surface area (Å²) in [5, 5.41) is 5.57. The summed E-state index contributed by atoms with van der Waals surface area (Å²) in [5.74, 6) is 0.925. The van der Waals surface area contributed by atoms with Gasteiger partial charge in [0.05, 0.1) is 5.69 Å². The van der Waals surface area contributed by atoms with E-state index in [2.05, 4.69) is 26.3 Å². The van der Waals surface area contributed by atoms with E-state index in [0.717, 1.165) is 59.7 Å². The largest absolute Gasteiger partial charge is 0.381 e. The van der Waals surface area contributed by atoms with Crippen molar-refractivity contribution in [2.24, 2.45) is 17.6 Å². The Labute approximate surface area is 229 Å². The van der Waals surface area contributed by atoms with Crippen LogP contribution in [0.15, 0.2) is 42.9 Å². The first-order valence-corrected chi connectivity index (χ1v) is 13.8. The Morgan fingerprint density at radius 3 is 2.59 bits per heavy atom. The van der Waals surface area contributed by atoms with Crippen LogP contribution in [0.1, 0.15) is 33.1 Å². The molecule has 10 nitrogen and oxygen atoms in total. The Morgan fingerprint density at radius 2 is 1.87 bits per heavy atom. The standard InChI is InChI=1S/C29H37N7O3/c1-19(2)24(17-26(30)37)29(38)36-11-9-35(10-12-36)28-23-4-7-31-18-21(23)15-25(34-28)20-3-8-32-27(16-20)33-22-5-13-39-14-6-22/h3-4,7-8,15-16,18-19,22,24H,5-6,9-14,17H2,1-2H3,(H2,30,37)(H,32,33)/t24-/m0/s1. The van der Waals surface area contributed by atoms with Crippen LogP contribution < -0.4 is 16.0 Å². The minimum absolute atomic E-state index is 0.000520. The number of ether oxygens (including phenoxy) is 1. The maximum Gasteiger partial charge on any atom is 0.226 e. The number of piperazine rings is 1. The van der Waals surface area contributed by atoms with Crippen LogP contribution in [0.3, 0.4) is 0 Å². The van der Waals surface area contributed by atoms with Crippen molar-refractivity contribution in [1.29, 1.82) is 0 Å². The van der Waals surface area contributed by atoms with Crippen LogP contribution in [0.4, 0.5) is 11.6 Å². The molecule has 5 heterocycles. The van der Waals surface area contributed by atoms with Gasteiger partial charge in [0.1, 0.15) is 11.6 Å². The first-order chi connectivity index (χ1) is 18.9. The van der Waals surface area contributed by atoms with Crippen LogP contribution >= 0.6 is 0 Å². The van der Waals surface area contributed by atoms with Gasteiger partial charge in [-0.15, -0.1) is 0 Å². The fraction of sp³-hybridized carbons (Fsp3) is 0.483. The van der Waals surface area contributed by atoms with E-state index in [0.29, 0.717) is 32.2 Å². The van der Waals surface area contributed by atoms with Crippen LogP contribution in [-0.2, 0) is 14.3 Å². The lowest BCUT2D eigenvalue weighted by molar-refractivity contribution is -0.139. The van der Waals surface area contributed by atoms with E-state index in [-0.39, 0.29) is 18.2 Å². The van der Waals surface area contributed by atoms with Gasteiger partial charge in [0.25, 0.3) is 0 Å². The van der Waals surface area contributed by atoms with E-state index in [9.17, 15) is 9.59 Å². The second kappa shape index (κ2) is 11.9. The van der Waals surface area contributed by atoms with Gasteiger partial charge in [-0.2, -0.15) is 0 Å². The fourth-order valence-electron chi connectivity index (χ4n) is 5.39. The lowest BCUT2D eigenvalue weighted by Gasteiger charge is -2.38. The van der Waals surface area contributed by atoms with Gasteiger partial charge in [0.15, 0.2) is 0 Å². The molecule has 0 unspecified atom stereocenters. The maximum absolute atomic E-state index is 13.2. The highest BCUT2D eigenvalue weighted by Crippen LogP contribution is 2.31. The Kier molecular flexibility index (Phi) is 8.21. The van der Waals surface area contributed by atoms with E-state index in [4.69, 9.17) is 15.5 Å². The molecule has 10 heteroatoms. The quantitative estimate of drug-likeness (QED) is 0.454. The average molecular weight is 532 g/mol. The van der Waals surface area contributed by atoms with Crippen molar-refractivity contribution < 1.29 is 14.3 Å². The summed E-state index contributed by atoms with van der Waals surface area (Å²) in [5.41, 5.74) is 7.25. The first-order valence-electron chi connectivity index (χ1n) is 13.8. The summed E-state index contributed by atoms with van der Waals surface area (Å²) in [4.78, 5) is 42.8. The number of rotatable bonds is 8. The number of primary amides is 1. The van der Waals surface area contributed by atoms with Crippen LogP contribution in [0, 0.1) is 11.8 Å². The molecule has 5 rings (SSSR count). The number of carbonyl (C=O) groups is 2. The molecule has 2 saturated heterocycles. The molecule has 2 aliphatic heterocycles. The number of anilines is 2. The van der Waals surface area contributed by atoms with Crippen molar-refractivity contribution in [2.75, 3.05) is 49.6 Å². The smallest absolute Gasteiger partial charge is 0.226 e. The number of nitrogens with one attached hydrogen (secondary N) is 1. The van der Waals surface area contributed by atoms with Gasteiger partial charge in [0.2, 0.25) is 11.8 Å². The number of amides is 2. The van der Waals surface area contributed by atoms with E-state index >= 15 is 0 Å². The van der Waals surface area contributed by atoms with Crippen LogP contribution in [0.25, 0.3) is 22.0 Å². The molecule has 0 aliphatic carbocycles. The summed E-state index contributed by atoms with van der Waals surface area (Å²) in [6, 6.07) is 8.43. The minimum atomic E-state index is -0.441. The topological polar surface area (TPSA) is 127 Å². The summed E-state index contributed by atoms with van der Waals surface area (Å²) in [7, 11) is 0. The predicted molar refractivity (Wildman–Crippen MR) is 151 cm³/mol. The highest BCUT2D eigenvalue weighted by atomic mass is 16.5. The number of hydrogen-bond acceptors (Lipinski definition) is 8. The molecule has 0 spiro atoms. The molecule has 206 valence electrons. The van der Waals surface area contributed by atoms with E-state index in [1.165, 1.54) is 0 Å². The Morgan fingerprint density at radius 1 is 1.10 bits per heavy atom. The lowest BCUT2D eigenvalue weighted by Crippen LogP contribution is -2.51. The van der Waals surface area contributed by atoms with E-state index in [1.54, 1.807) is 6.20 Å². The second-order valence-electron chi connectivity index (χ2n) is 10.7. The number of pyridine rings is 3. The fourth-order valence-corrected chi connectivity index (χ4v) is 5.39. The molecule has 0 saturated carbocycles. The van der Waals surface area contributed by atoms with Gasteiger partial charge >= 0.3 is 0 Å². The molecule has 2 fully saturated rings. The molecule has 1 atom stereocenters. The van der Waals surface area contributed by atoms with Crippen molar-refractivity contribution in [2.45, 2.75) is 39.2 Å². The number of hydrogen-bond donors (Lipinski definition) is 2. The zero-order valence-corrected chi connectivity index (χ0v) is 22.7. The van der Waals surface area contributed by atoms with Gasteiger partial charge < -0.3 is 25.6 Å². The summed E-state index contributed by atoms with van der Waals surface area (Å²) in [6.45, 7) is 7.87. The predicted octanol–water partition coefficient (Wildman–Crippen LogP) is 3.08. The third kappa shape index (κ3) is 6.27. The molecule has 0 bridgehead atoms. The van der Waals surface area contributed by atoms with Crippen molar-refractivity contribution >= 4 is 34.2 Å². The molecule has 3 aromatic rings. The summed E-state index contributed by atoms with van der Waals surface area (Å²) < 4.78 is 5.48. The van der Waals surface area contributed by atoms with Gasteiger partial charge in [-0.05, 0) is 43.0 Å². The van der Waals surface area contributed by atoms with E-state index < -0.39 is 11.8 Å². The maximum atomic E-state index is 13.2. The van der Waals surface area contributed by atoms with Gasteiger partial charge in [-0.25, -0.2) is 9.97 Å². The van der Waals surface area contributed by atoms with Crippen LogP contribution in [0.5, 0.6) is 0 Å². The monoisotopic (exact) mass is 531 g/mol. The Hall–Kier alpha value is -3.79. The number of nitrogens with zero attached hydrogens (tertiary/aromatic N) is 5. The molecule has 2 amide bonds. The second-order valence-corrected chi connectivity index (χ2v) is 10.7. The minimum Gasteiger partial charge on any atom is -0.381 e. The summed E-state index contributed by atoms with van der Waals surface area (Å²) >= 11 is 0. The van der Waals surface area contributed by atoms with E-state index in [1.807, 2.05) is 49.3 Å². The molecule has 3 N–H and O–H groups in total. The van der Waals surface area contributed by atoms with Crippen molar-refractivity contribution in [3.63, 3.8) is 0 Å². The number of fused-ring (bicyclic) bond motifs is 1. The molecular formula is C29H37N7O3. The molecule has 0 radical (unpaired) electrons. The molecular weight excluding hydrogens is 494 g/mol.